The summed E-state index contributed by atoms with van der Waals surface area (Å²) in [6.07, 6.45) is 0.227. The molecule has 0 radical (unpaired) electrons. The zero-order valence-corrected chi connectivity index (χ0v) is 16.6. The van der Waals surface area contributed by atoms with E-state index in [1.807, 2.05) is 47.8 Å². The highest BCUT2D eigenvalue weighted by Gasteiger charge is 2.10. The monoisotopic (exact) mass is 402 g/mol. The van der Waals surface area contributed by atoms with Crippen molar-refractivity contribution in [3.05, 3.63) is 64.1 Å². The van der Waals surface area contributed by atoms with Crippen molar-refractivity contribution in [1.29, 1.82) is 0 Å². The maximum Gasteiger partial charge on any atom is 0.226 e. The van der Waals surface area contributed by atoms with Crippen LogP contribution in [0.3, 0.4) is 0 Å². The molecule has 0 saturated heterocycles. The Labute approximate surface area is 166 Å². The van der Waals surface area contributed by atoms with Gasteiger partial charge in [0, 0.05) is 22.5 Å². The van der Waals surface area contributed by atoms with Crippen LogP contribution in [0.15, 0.2) is 47.8 Å². The van der Waals surface area contributed by atoms with Gasteiger partial charge >= 0.3 is 0 Å². The molecule has 1 heterocycles. The summed E-state index contributed by atoms with van der Waals surface area (Å²) in [5, 5.41) is 6.31. The summed E-state index contributed by atoms with van der Waals surface area (Å²) in [5.74, 6) is 1.20. The van der Waals surface area contributed by atoms with Gasteiger partial charge in [-0.1, -0.05) is 29.8 Å². The average molecular weight is 403 g/mol. The third kappa shape index (κ3) is 4.99. The predicted molar refractivity (Wildman–Crippen MR) is 108 cm³/mol. The summed E-state index contributed by atoms with van der Waals surface area (Å²) in [6.45, 7) is 0.407. The van der Waals surface area contributed by atoms with Crippen molar-refractivity contribution >= 4 is 28.8 Å². The lowest BCUT2D eigenvalue weighted by Crippen LogP contribution is -2.24. The highest BCUT2D eigenvalue weighted by atomic mass is 35.5. The molecule has 1 amide bonds. The first-order valence-corrected chi connectivity index (χ1v) is 9.52. The van der Waals surface area contributed by atoms with E-state index in [1.165, 1.54) is 11.3 Å². The first-order valence-electron chi connectivity index (χ1n) is 8.27. The van der Waals surface area contributed by atoms with Crippen molar-refractivity contribution in [3.8, 4) is 22.1 Å². The number of ether oxygens (including phenoxy) is 2. The van der Waals surface area contributed by atoms with E-state index < -0.39 is 0 Å². The number of hydrogen-bond donors (Lipinski definition) is 1. The molecule has 1 N–H and O–H groups in total. The SMILES string of the molecule is COc1ccc(CNC(=O)Cc2csc(-c3cccc(Cl)c3)n2)cc1OC. The van der Waals surface area contributed by atoms with Crippen molar-refractivity contribution in [2.45, 2.75) is 13.0 Å². The molecule has 0 aliphatic carbocycles. The minimum atomic E-state index is -0.0901. The summed E-state index contributed by atoms with van der Waals surface area (Å²) < 4.78 is 10.5. The number of hydrogen-bond acceptors (Lipinski definition) is 5. The minimum absolute atomic E-state index is 0.0901. The number of thiazole rings is 1. The van der Waals surface area contributed by atoms with Crippen LogP contribution in [-0.4, -0.2) is 25.1 Å². The summed E-state index contributed by atoms with van der Waals surface area (Å²) >= 11 is 7.52. The Morgan fingerprint density at radius 2 is 1.96 bits per heavy atom. The number of methoxy groups -OCH3 is 2. The molecule has 3 rings (SSSR count). The molecule has 0 aliphatic heterocycles. The summed E-state index contributed by atoms with van der Waals surface area (Å²) in [7, 11) is 3.17. The maximum absolute atomic E-state index is 12.2. The molecule has 0 spiro atoms. The lowest BCUT2D eigenvalue weighted by Gasteiger charge is -2.10. The fourth-order valence-corrected chi connectivity index (χ4v) is 3.57. The van der Waals surface area contributed by atoms with Gasteiger partial charge in [-0.3, -0.25) is 4.79 Å². The Kier molecular flexibility index (Phi) is 6.32. The van der Waals surface area contributed by atoms with Crippen molar-refractivity contribution < 1.29 is 14.3 Å². The minimum Gasteiger partial charge on any atom is -0.493 e. The van der Waals surface area contributed by atoms with Crippen molar-refractivity contribution in [3.63, 3.8) is 0 Å². The number of carbonyl (C=O) groups excluding carboxylic acids is 1. The molecule has 1 aromatic heterocycles. The maximum atomic E-state index is 12.2. The Morgan fingerprint density at radius 3 is 2.70 bits per heavy atom. The van der Waals surface area contributed by atoms with Gasteiger partial charge in [0.05, 0.1) is 26.3 Å². The van der Waals surface area contributed by atoms with Crippen LogP contribution >= 0.6 is 22.9 Å². The van der Waals surface area contributed by atoms with E-state index >= 15 is 0 Å². The zero-order valence-electron chi connectivity index (χ0n) is 15.0. The van der Waals surface area contributed by atoms with Gasteiger partial charge in [-0.2, -0.15) is 0 Å². The van der Waals surface area contributed by atoms with Crippen molar-refractivity contribution in [2.24, 2.45) is 0 Å². The van der Waals surface area contributed by atoms with Crippen LogP contribution in [0.25, 0.3) is 10.6 Å². The van der Waals surface area contributed by atoms with Gasteiger partial charge in [0.2, 0.25) is 5.91 Å². The number of nitrogens with zero attached hydrogens (tertiary/aromatic N) is 1. The van der Waals surface area contributed by atoms with E-state index in [0.29, 0.717) is 23.1 Å². The third-order valence-corrected chi connectivity index (χ3v) is 5.08. The molecular weight excluding hydrogens is 384 g/mol. The first-order chi connectivity index (χ1) is 13.1. The summed E-state index contributed by atoms with van der Waals surface area (Å²) in [4.78, 5) is 16.8. The van der Waals surface area contributed by atoms with Crippen LogP contribution in [0.5, 0.6) is 11.5 Å². The predicted octanol–water partition coefficient (Wildman–Crippen LogP) is 4.34. The van der Waals surface area contributed by atoms with Gasteiger partial charge in [0.25, 0.3) is 0 Å². The smallest absolute Gasteiger partial charge is 0.226 e. The highest BCUT2D eigenvalue weighted by Crippen LogP contribution is 2.28. The number of carbonyl (C=O) groups is 1. The van der Waals surface area contributed by atoms with Crippen LogP contribution < -0.4 is 14.8 Å². The van der Waals surface area contributed by atoms with Crippen molar-refractivity contribution in [1.82, 2.24) is 10.3 Å². The Balaban J connectivity index is 1.59. The molecule has 0 saturated carbocycles. The largest absolute Gasteiger partial charge is 0.493 e. The van der Waals surface area contributed by atoms with Gasteiger partial charge in [-0.05, 0) is 29.8 Å². The molecule has 3 aromatic rings. The second-order valence-electron chi connectivity index (χ2n) is 5.80. The van der Waals surface area contributed by atoms with Crippen LogP contribution in [0.1, 0.15) is 11.3 Å². The third-order valence-electron chi connectivity index (χ3n) is 3.90. The summed E-state index contributed by atoms with van der Waals surface area (Å²) in [6, 6.07) is 13.1. The Hall–Kier alpha value is -2.57. The van der Waals surface area contributed by atoms with Crippen LogP contribution in [0.2, 0.25) is 5.02 Å². The Bertz CT molecular complexity index is 942. The van der Waals surface area contributed by atoms with E-state index in [0.717, 1.165) is 21.8 Å². The van der Waals surface area contributed by atoms with Gasteiger partial charge in [0.1, 0.15) is 5.01 Å². The van der Waals surface area contributed by atoms with Crippen molar-refractivity contribution in [2.75, 3.05) is 14.2 Å². The molecule has 0 bridgehead atoms. The standard InChI is InChI=1S/C20H19ClN2O3S/c1-25-17-7-6-13(8-18(17)26-2)11-22-19(24)10-16-12-27-20(23-16)14-4-3-5-15(21)9-14/h3-9,12H,10-11H2,1-2H3,(H,22,24). The topological polar surface area (TPSA) is 60.5 Å². The molecule has 5 nitrogen and oxygen atoms in total. The van der Waals surface area contributed by atoms with E-state index in [4.69, 9.17) is 21.1 Å². The van der Waals surface area contributed by atoms with E-state index in [-0.39, 0.29) is 12.3 Å². The molecule has 7 heteroatoms. The van der Waals surface area contributed by atoms with Gasteiger partial charge in [0.15, 0.2) is 11.5 Å². The number of nitrogens with one attached hydrogen (secondary N) is 1. The van der Waals surface area contributed by atoms with Crippen LogP contribution in [0.4, 0.5) is 0 Å². The molecule has 140 valence electrons. The van der Waals surface area contributed by atoms with E-state index in [2.05, 4.69) is 10.3 Å². The lowest BCUT2D eigenvalue weighted by atomic mass is 10.2. The molecular formula is C20H19ClN2O3S. The molecule has 0 aliphatic rings. The zero-order chi connectivity index (χ0) is 19.2. The lowest BCUT2D eigenvalue weighted by molar-refractivity contribution is -0.120. The van der Waals surface area contributed by atoms with Gasteiger partial charge in [-0.25, -0.2) is 4.98 Å². The van der Waals surface area contributed by atoms with E-state index in [1.54, 1.807) is 14.2 Å². The second kappa shape index (κ2) is 8.88. The average Bonchev–Trinajstić information content (AvgIpc) is 3.14. The molecule has 0 atom stereocenters. The number of amides is 1. The number of benzene rings is 2. The van der Waals surface area contributed by atoms with Gasteiger partial charge < -0.3 is 14.8 Å². The quantitative estimate of drug-likeness (QED) is 0.638. The first kappa shape index (κ1) is 19.2. The highest BCUT2D eigenvalue weighted by molar-refractivity contribution is 7.13. The fourth-order valence-electron chi connectivity index (χ4n) is 2.56. The fraction of sp³-hybridized carbons (Fsp3) is 0.200. The van der Waals surface area contributed by atoms with Gasteiger partial charge in [-0.15, -0.1) is 11.3 Å². The number of aromatic nitrogens is 1. The molecule has 27 heavy (non-hydrogen) atoms. The molecule has 0 unspecified atom stereocenters. The number of rotatable bonds is 7. The van der Waals surface area contributed by atoms with Crippen LogP contribution in [-0.2, 0) is 17.8 Å². The molecule has 2 aromatic carbocycles. The Morgan fingerprint density at radius 1 is 1.15 bits per heavy atom. The normalized spacial score (nSPS) is 10.5. The van der Waals surface area contributed by atoms with Crippen LogP contribution in [0, 0.1) is 0 Å². The van der Waals surface area contributed by atoms with E-state index in [9.17, 15) is 4.79 Å². The molecule has 0 fully saturated rings. The summed E-state index contributed by atoms with van der Waals surface area (Å²) in [5.41, 5.74) is 2.61. The second-order valence-corrected chi connectivity index (χ2v) is 7.09. The number of halogens is 1.